The minimum absolute atomic E-state index is 0.510. The normalized spacial score (nSPS) is 19.6. The Kier molecular flexibility index (Phi) is 4.75. The average molecular weight is 442 g/mol. The zero-order chi connectivity index (χ0) is 20.0. The van der Waals surface area contributed by atoms with Crippen LogP contribution in [0, 0.1) is 0 Å². The molecule has 144 valence electrons. The molecule has 0 radical (unpaired) electrons. The van der Waals surface area contributed by atoms with Gasteiger partial charge in [0.15, 0.2) is 0 Å². The average Bonchev–Trinajstić information content (AvgIpc) is 3.23. The van der Waals surface area contributed by atoms with E-state index in [9.17, 15) is 0 Å². The van der Waals surface area contributed by atoms with Crippen molar-refractivity contribution in [1.82, 2.24) is 4.98 Å². The summed E-state index contributed by atoms with van der Waals surface area (Å²) in [6, 6.07) is 17.6. The molecule has 2 aliphatic rings. The number of allylic oxidation sites excluding steroid dienone is 2. The number of benzene rings is 2. The molecule has 2 unspecified atom stereocenters. The molecule has 2 heteroatoms. The molecule has 0 amide bonds. The van der Waals surface area contributed by atoms with E-state index in [1.807, 2.05) is 12.4 Å². The highest BCUT2D eigenvalue weighted by atomic mass is 79.9. The van der Waals surface area contributed by atoms with Crippen LogP contribution in [0.15, 0.2) is 76.5 Å². The largest absolute Gasteiger partial charge is 0.265 e. The summed E-state index contributed by atoms with van der Waals surface area (Å²) >= 11 is 3.72. The fourth-order valence-corrected chi connectivity index (χ4v) is 5.58. The van der Waals surface area contributed by atoms with Gasteiger partial charge in [-0.05, 0) is 78.3 Å². The molecule has 0 fully saturated rings. The van der Waals surface area contributed by atoms with Crippen LogP contribution in [-0.2, 0) is 0 Å². The van der Waals surface area contributed by atoms with Gasteiger partial charge in [-0.1, -0.05) is 69.6 Å². The molecular formula is C27H24BrN. The number of fused-ring (bicyclic) bond motifs is 2. The standard InChI is InChI=1S/C27H24BrN/c1-17-15-25-22(19-11-13-29-14-12-19)5-3-6-23(25)20(17)9-10-21-18(2)16-26-24(21)7-4-8-27(26)28/h3-8,11-16,20-21H,9-10H2,1-2H3. The van der Waals surface area contributed by atoms with Gasteiger partial charge < -0.3 is 0 Å². The molecular weight excluding hydrogens is 418 g/mol. The first-order valence-corrected chi connectivity index (χ1v) is 11.1. The minimum atomic E-state index is 0.510. The summed E-state index contributed by atoms with van der Waals surface area (Å²) in [4.78, 5) is 4.18. The molecule has 0 spiro atoms. The van der Waals surface area contributed by atoms with E-state index >= 15 is 0 Å². The summed E-state index contributed by atoms with van der Waals surface area (Å²) in [6.45, 7) is 4.58. The lowest BCUT2D eigenvalue weighted by Crippen LogP contribution is -2.03. The van der Waals surface area contributed by atoms with Crippen molar-refractivity contribution in [3.05, 3.63) is 98.8 Å². The van der Waals surface area contributed by atoms with E-state index < -0.39 is 0 Å². The fourth-order valence-electron chi connectivity index (χ4n) is 5.09. The second kappa shape index (κ2) is 7.42. The van der Waals surface area contributed by atoms with Crippen LogP contribution in [0.2, 0.25) is 0 Å². The summed E-state index contributed by atoms with van der Waals surface area (Å²) in [5, 5.41) is 0. The lowest BCUT2D eigenvalue weighted by atomic mass is 9.84. The van der Waals surface area contributed by atoms with Crippen LogP contribution in [-0.4, -0.2) is 4.98 Å². The molecule has 0 aliphatic heterocycles. The zero-order valence-electron chi connectivity index (χ0n) is 16.8. The van der Waals surface area contributed by atoms with Gasteiger partial charge in [-0.2, -0.15) is 0 Å². The first kappa shape index (κ1) is 18.6. The summed E-state index contributed by atoms with van der Waals surface area (Å²) in [6.07, 6.45) is 10.9. The van der Waals surface area contributed by atoms with Crippen molar-refractivity contribution < 1.29 is 0 Å². The third-order valence-electron chi connectivity index (χ3n) is 6.56. The Labute approximate surface area is 181 Å². The third-order valence-corrected chi connectivity index (χ3v) is 7.25. The fraction of sp³-hybridized carbons (Fsp3) is 0.222. The number of aromatic nitrogens is 1. The number of hydrogen-bond donors (Lipinski definition) is 0. The van der Waals surface area contributed by atoms with E-state index in [1.54, 1.807) is 0 Å². The van der Waals surface area contributed by atoms with Crippen molar-refractivity contribution in [2.45, 2.75) is 38.5 Å². The molecule has 5 rings (SSSR count). The first-order chi connectivity index (χ1) is 14.1. The van der Waals surface area contributed by atoms with E-state index in [-0.39, 0.29) is 0 Å². The highest BCUT2D eigenvalue weighted by molar-refractivity contribution is 9.10. The number of pyridine rings is 1. The lowest BCUT2D eigenvalue weighted by molar-refractivity contribution is 0.611. The Balaban J connectivity index is 1.43. The van der Waals surface area contributed by atoms with Gasteiger partial charge in [-0.25, -0.2) is 0 Å². The van der Waals surface area contributed by atoms with Gasteiger partial charge >= 0.3 is 0 Å². The summed E-state index contributed by atoms with van der Waals surface area (Å²) in [5.41, 5.74) is 11.2. The maximum absolute atomic E-state index is 4.18. The molecule has 29 heavy (non-hydrogen) atoms. The third kappa shape index (κ3) is 3.20. The van der Waals surface area contributed by atoms with Crippen LogP contribution in [0.1, 0.15) is 60.8 Å². The number of hydrogen-bond acceptors (Lipinski definition) is 1. The smallest absolute Gasteiger partial charge is 0.0273 e. The predicted molar refractivity (Wildman–Crippen MR) is 126 cm³/mol. The van der Waals surface area contributed by atoms with Crippen LogP contribution in [0.3, 0.4) is 0 Å². The zero-order valence-corrected chi connectivity index (χ0v) is 18.4. The van der Waals surface area contributed by atoms with Crippen LogP contribution < -0.4 is 0 Å². The molecule has 3 aromatic rings. The first-order valence-electron chi connectivity index (χ1n) is 10.3. The summed E-state index contributed by atoms with van der Waals surface area (Å²) < 4.78 is 1.21. The quantitative estimate of drug-likeness (QED) is 0.399. The Hall–Kier alpha value is -2.45. The van der Waals surface area contributed by atoms with Crippen molar-refractivity contribution in [3.63, 3.8) is 0 Å². The molecule has 0 saturated carbocycles. The van der Waals surface area contributed by atoms with Gasteiger partial charge in [0.2, 0.25) is 0 Å². The number of rotatable bonds is 4. The lowest BCUT2D eigenvalue weighted by Gasteiger charge is -2.20. The molecule has 0 N–H and O–H groups in total. The van der Waals surface area contributed by atoms with Crippen LogP contribution in [0.25, 0.3) is 23.3 Å². The van der Waals surface area contributed by atoms with E-state index in [0.29, 0.717) is 11.8 Å². The second-order valence-electron chi connectivity index (χ2n) is 8.25. The SMILES string of the molecule is CC1=Cc2c(Br)cccc2C1CCC1C(C)=Cc2c(-c3ccncc3)cccc21. The van der Waals surface area contributed by atoms with Crippen molar-refractivity contribution in [2.75, 3.05) is 0 Å². The van der Waals surface area contributed by atoms with Crippen molar-refractivity contribution in [2.24, 2.45) is 0 Å². The molecule has 2 aliphatic carbocycles. The molecule has 1 heterocycles. The monoisotopic (exact) mass is 441 g/mol. The van der Waals surface area contributed by atoms with Gasteiger partial charge in [0.25, 0.3) is 0 Å². The van der Waals surface area contributed by atoms with Gasteiger partial charge in [0, 0.05) is 28.7 Å². The predicted octanol–water partition coefficient (Wildman–Crippen LogP) is 7.99. The highest BCUT2D eigenvalue weighted by Gasteiger charge is 2.28. The van der Waals surface area contributed by atoms with E-state index in [2.05, 4.69) is 95.4 Å². The molecule has 1 nitrogen and oxygen atoms in total. The van der Waals surface area contributed by atoms with Crippen LogP contribution in [0.5, 0.6) is 0 Å². The maximum atomic E-state index is 4.18. The van der Waals surface area contributed by atoms with Crippen molar-refractivity contribution in [1.29, 1.82) is 0 Å². The topological polar surface area (TPSA) is 12.9 Å². The van der Waals surface area contributed by atoms with E-state index in [1.165, 1.54) is 61.8 Å². The van der Waals surface area contributed by atoms with E-state index in [4.69, 9.17) is 0 Å². The number of nitrogens with zero attached hydrogens (tertiary/aromatic N) is 1. The second-order valence-corrected chi connectivity index (χ2v) is 9.10. The summed E-state index contributed by atoms with van der Waals surface area (Å²) in [7, 11) is 0. The minimum Gasteiger partial charge on any atom is -0.265 e. The molecule has 2 atom stereocenters. The van der Waals surface area contributed by atoms with Gasteiger partial charge in [0.1, 0.15) is 0 Å². The van der Waals surface area contributed by atoms with Crippen LogP contribution >= 0.6 is 15.9 Å². The molecule has 2 aromatic carbocycles. The number of halogens is 1. The maximum Gasteiger partial charge on any atom is 0.0273 e. The molecule has 1 aromatic heterocycles. The molecule has 0 bridgehead atoms. The van der Waals surface area contributed by atoms with Gasteiger partial charge in [0.05, 0.1) is 0 Å². The highest BCUT2D eigenvalue weighted by Crippen LogP contribution is 2.47. The van der Waals surface area contributed by atoms with Crippen LogP contribution in [0.4, 0.5) is 0 Å². The van der Waals surface area contributed by atoms with Gasteiger partial charge in [-0.3, -0.25) is 4.98 Å². The van der Waals surface area contributed by atoms with E-state index in [0.717, 1.165) is 0 Å². The molecule has 0 saturated heterocycles. The Morgan fingerprint density at radius 3 is 2.03 bits per heavy atom. The van der Waals surface area contributed by atoms with Crippen molar-refractivity contribution >= 4 is 28.1 Å². The summed E-state index contributed by atoms with van der Waals surface area (Å²) in [5.74, 6) is 1.04. The Morgan fingerprint density at radius 2 is 1.34 bits per heavy atom. The Bertz CT molecular complexity index is 1140. The Morgan fingerprint density at radius 1 is 0.759 bits per heavy atom. The van der Waals surface area contributed by atoms with Gasteiger partial charge in [-0.15, -0.1) is 0 Å². The van der Waals surface area contributed by atoms with Crippen molar-refractivity contribution in [3.8, 4) is 11.1 Å².